The van der Waals surface area contributed by atoms with E-state index in [1.807, 2.05) is 19.1 Å². The monoisotopic (exact) mass is 390 g/mol. The number of anilines is 1. The molecule has 0 atom stereocenters. The predicted molar refractivity (Wildman–Crippen MR) is 107 cm³/mol. The average molecular weight is 390 g/mol. The Hall–Kier alpha value is -4.12. The van der Waals surface area contributed by atoms with Gasteiger partial charge in [0.2, 0.25) is 5.88 Å². The maximum absolute atomic E-state index is 12.3. The Morgan fingerprint density at radius 1 is 1.07 bits per heavy atom. The van der Waals surface area contributed by atoms with Gasteiger partial charge in [0.15, 0.2) is 5.56 Å². The lowest BCUT2D eigenvalue weighted by Gasteiger charge is -2.13. The van der Waals surface area contributed by atoms with Crippen molar-refractivity contribution in [2.45, 2.75) is 6.92 Å². The van der Waals surface area contributed by atoms with Crippen molar-refractivity contribution in [1.82, 2.24) is 9.13 Å². The molecule has 0 saturated heterocycles. The molecule has 8 heteroatoms. The molecule has 0 aliphatic carbocycles. The van der Waals surface area contributed by atoms with Crippen LogP contribution >= 0.6 is 0 Å². The molecule has 3 aromatic rings. The van der Waals surface area contributed by atoms with E-state index in [0.29, 0.717) is 17.0 Å². The zero-order valence-electron chi connectivity index (χ0n) is 16.1. The van der Waals surface area contributed by atoms with Crippen LogP contribution in [0.3, 0.4) is 0 Å². The molecule has 8 nitrogen and oxygen atoms in total. The molecular formula is C21H18N4O4. The minimum atomic E-state index is -0.729. The van der Waals surface area contributed by atoms with Gasteiger partial charge in [-0.25, -0.2) is 4.79 Å². The lowest BCUT2D eigenvalue weighted by atomic mass is 10.1. The van der Waals surface area contributed by atoms with Gasteiger partial charge in [0.25, 0.3) is 11.5 Å². The van der Waals surface area contributed by atoms with Crippen LogP contribution in [0.25, 0.3) is 0 Å². The second-order valence-corrected chi connectivity index (χ2v) is 6.45. The molecule has 0 radical (unpaired) electrons. The lowest BCUT2D eigenvalue weighted by Crippen LogP contribution is -2.38. The van der Waals surface area contributed by atoms with Crippen LogP contribution in [0.1, 0.15) is 21.5 Å². The van der Waals surface area contributed by atoms with Crippen molar-refractivity contribution in [2.75, 3.05) is 5.32 Å². The SMILES string of the molecule is Cc1cccc(C(=O)Nc2ccc(Oc3c(C#N)c(=O)n(C)c(=O)n3C)cc2)c1. The average Bonchev–Trinajstić information content (AvgIpc) is 2.72. The molecule has 0 bridgehead atoms. The van der Waals surface area contributed by atoms with E-state index in [-0.39, 0.29) is 17.4 Å². The second kappa shape index (κ2) is 7.86. The van der Waals surface area contributed by atoms with E-state index in [1.54, 1.807) is 42.5 Å². The van der Waals surface area contributed by atoms with E-state index in [0.717, 1.165) is 14.7 Å². The normalized spacial score (nSPS) is 10.3. The summed E-state index contributed by atoms with van der Waals surface area (Å²) in [5.74, 6) is -0.0847. The molecule has 1 aromatic heterocycles. The molecule has 0 fully saturated rings. The van der Waals surface area contributed by atoms with E-state index < -0.39 is 11.2 Å². The number of hydrogen-bond acceptors (Lipinski definition) is 5. The van der Waals surface area contributed by atoms with Gasteiger partial charge >= 0.3 is 5.69 Å². The number of nitrogens with zero attached hydrogens (tertiary/aromatic N) is 3. The van der Waals surface area contributed by atoms with Crippen molar-refractivity contribution >= 4 is 11.6 Å². The number of benzene rings is 2. The van der Waals surface area contributed by atoms with E-state index in [2.05, 4.69) is 5.32 Å². The van der Waals surface area contributed by atoms with Gasteiger partial charge < -0.3 is 10.1 Å². The Kier molecular flexibility index (Phi) is 5.32. The van der Waals surface area contributed by atoms with Gasteiger partial charge in [-0.05, 0) is 43.3 Å². The third-order valence-corrected chi connectivity index (χ3v) is 4.33. The molecule has 2 aromatic carbocycles. The Morgan fingerprint density at radius 2 is 1.76 bits per heavy atom. The summed E-state index contributed by atoms with van der Waals surface area (Å²) in [6, 6.07) is 15.4. The summed E-state index contributed by atoms with van der Waals surface area (Å²) in [5, 5.41) is 12.1. The van der Waals surface area contributed by atoms with Crippen molar-refractivity contribution in [3.8, 4) is 17.7 Å². The van der Waals surface area contributed by atoms with Crippen LogP contribution < -0.4 is 21.3 Å². The maximum Gasteiger partial charge on any atom is 0.333 e. The van der Waals surface area contributed by atoms with E-state index in [4.69, 9.17) is 4.74 Å². The van der Waals surface area contributed by atoms with Gasteiger partial charge in [0, 0.05) is 25.3 Å². The topological polar surface area (TPSA) is 106 Å². The minimum Gasteiger partial charge on any atom is -0.439 e. The number of carbonyl (C=O) groups excluding carboxylic acids is 1. The fourth-order valence-corrected chi connectivity index (χ4v) is 2.75. The second-order valence-electron chi connectivity index (χ2n) is 6.45. The number of carbonyl (C=O) groups is 1. The van der Waals surface area contributed by atoms with Gasteiger partial charge in [-0.15, -0.1) is 0 Å². The molecular weight excluding hydrogens is 372 g/mol. The summed E-state index contributed by atoms with van der Waals surface area (Å²) >= 11 is 0. The van der Waals surface area contributed by atoms with Crippen molar-refractivity contribution < 1.29 is 9.53 Å². The van der Waals surface area contributed by atoms with Crippen LogP contribution in [0.2, 0.25) is 0 Å². The molecule has 1 heterocycles. The first-order valence-corrected chi connectivity index (χ1v) is 8.68. The Morgan fingerprint density at radius 3 is 2.38 bits per heavy atom. The fourth-order valence-electron chi connectivity index (χ4n) is 2.75. The van der Waals surface area contributed by atoms with Crippen LogP contribution in [0.4, 0.5) is 5.69 Å². The van der Waals surface area contributed by atoms with Crippen molar-refractivity contribution in [3.63, 3.8) is 0 Å². The zero-order chi connectivity index (χ0) is 21.1. The van der Waals surface area contributed by atoms with E-state index >= 15 is 0 Å². The van der Waals surface area contributed by atoms with Crippen molar-refractivity contribution in [2.24, 2.45) is 14.1 Å². The summed E-state index contributed by atoms with van der Waals surface area (Å²) in [5.41, 5.74) is 0.459. The predicted octanol–water partition coefficient (Wildman–Crippen LogP) is 2.31. The first-order chi connectivity index (χ1) is 13.8. The van der Waals surface area contributed by atoms with Crippen LogP contribution in [0, 0.1) is 18.3 Å². The van der Waals surface area contributed by atoms with Crippen LogP contribution in [0.5, 0.6) is 11.6 Å². The van der Waals surface area contributed by atoms with Gasteiger partial charge in [0.05, 0.1) is 0 Å². The maximum atomic E-state index is 12.3. The Labute approximate surface area is 166 Å². The molecule has 146 valence electrons. The number of aromatic nitrogens is 2. The third kappa shape index (κ3) is 3.94. The molecule has 1 N–H and O–H groups in total. The Bertz CT molecular complexity index is 1250. The highest BCUT2D eigenvalue weighted by Crippen LogP contribution is 2.23. The molecule has 0 unspecified atom stereocenters. The summed E-state index contributed by atoms with van der Waals surface area (Å²) < 4.78 is 7.56. The number of rotatable bonds is 4. The summed E-state index contributed by atoms with van der Waals surface area (Å²) in [4.78, 5) is 36.5. The molecule has 3 rings (SSSR count). The van der Waals surface area contributed by atoms with Gasteiger partial charge in [-0.1, -0.05) is 17.7 Å². The quantitative estimate of drug-likeness (QED) is 0.736. The number of hydrogen-bond donors (Lipinski definition) is 1. The smallest absolute Gasteiger partial charge is 0.333 e. The van der Waals surface area contributed by atoms with Crippen LogP contribution in [0.15, 0.2) is 58.1 Å². The van der Waals surface area contributed by atoms with Crippen molar-refractivity contribution in [3.05, 3.63) is 86.1 Å². The summed E-state index contributed by atoms with van der Waals surface area (Å²) in [6.07, 6.45) is 0. The summed E-state index contributed by atoms with van der Waals surface area (Å²) in [6.45, 7) is 1.91. The van der Waals surface area contributed by atoms with E-state index in [1.165, 1.54) is 14.1 Å². The molecule has 1 amide bonds. The molecule has 0 aliphatic rings. The summed E-state index contributed by atoms with van der Waals surface area (Å²) in [7, 11) is 2.70. The standard InChI is InChI=1S/C21H18N4O4/c1-13-5-4-6-14(11-13)18(26)23-15-7-9-16(10-8-15)29-20-17(12-22)19(27)24(2)21(28)25(20)3/h4-11H,1-3H3,(H,23,26). The highest BCUT2D eigenvalue weighted by atomic mass is 16.5. The molecule has 0 aliphatic heterocycles. The first-order valence-electron chi connectivity index (χ1n) is 8.68. The van der Waals surface area contributed by atoms with Gasteiger partial charge in [-0.2, -0.15) is 5.26 Å². The van der Waals surface area contributed by atoms with Crippen molar-refractivity contribution in [1.29, 1.82) is 5.26 Å². The van der Waals surface area contributed by atoms with Crippen LogP contribution in [-0.4, -0.2) is 15.0 Å². The number of amides is 1. The highest BCUT2D eigenvalue weighted by molar-refractivity contribution is 6.04. The lowest BCUT2D eigenvalue weighted by molar-refractivity contribution is 0.102. The number of ether oxygens (including phenoxy) is 1. The zero-order valence-corrected chi connectivity index (χ0v) is 16.1. The highest BCUT2D eigenvalue weighted by Gasteiger charge is 2.17. The van der Waals surface area contributed by atoms with Gasteiger partial charge in [0.1, 0.15) is 11.8 Å². The molecule has 0 spiro atoms. The van der Waals surface area contributed by atoms with Crippen LogP contribution in [-0.2, 0) is 14.1 Å². The molecule has 29 heavy (non-hydrogen) atoms. The Balaban J connectivity index is 1.84. The number of aryl methyl sites for hydroxylation is 1. The fraction of sp³-hybridized carbons (Fsp3) is 0.143. The largest absolute Gasteiger partial charge is 0.439 e. The van der Waals surface area contributed by atoms with Gasteiger partial charge in [-0.3, -0.25) is 18.7 Å². The third-order valence-electron chi connectivity index (χ3n) is 4.33. The molecule has 0 saturated carbocycles. The van der Waals surface area contributed by atoms with E-state index in [9.17, 15) is 19.6 Å². The minimum absolute atomic E-state index is 0.142. The number of nitrogens with one attached hydrogen (secondary N) is 1. The first kappa shape index (κ1) is 19.6. The number of nitriles is 1.